The van der Waals surface area contributed by atoms with Gasteiger partial charge in [-0.1, -0.05) is 29.8 Å². The molecule has 3 nitrogen and oxygen atoms in total. The van der Waals surface area contributed by atoms with E-state index in [-0.39, 0.29) is 5.41 Å². The van der Waals surface area contributed by atoms with Gasteiger partial charge in [-0.15, -0.1) is 0 Å². The number of halogens is 1. The van der Waals surface area contributed by atoms with Crippen molar-refractivity contribution < 1.29 is 9.47 Å². The molecule has 21 heavy (non-hydrogen) atoms. The summed E-state index contributed by atoms with van der Waals surface area (Å²) in [6.45, 7) is 11.4. The molecule has 120 valence electrons. The Balaban J connectivity index is 2.96. The maximum atomic E-state index is 5.68. The Morgan fingerprint density at radius 2 is 1.86 bits per heavy atom. The molecule has 0 fully saturated rings. The van der Waals surface area contributed by atoms with Gasteiger partial charge in [0.25, 0.3) is 0 Å². The topological polar surface area (TPSA) is 30.5 Å². The van der Waals surface area contributed by atoms with Crippen LogP contribution in [0.25, 0.3) is 0 Å². The summed E-state index contributed by atoms with van der Waals surface area (Å²) in [6.07, 6.45) is 1.05. The van der Waals surface area contributed by atoms with Crippen LogP contribution in [0.4, 0.5) is 0 Å². The van der Waals surface area contributed by atoms with Crippen LogP contribution >= 0.6 is 15.9 Å². The van der Waals surface area contributed by atoms with Gasteiger partial charge < -0.3 is 14.8 Å². The molecule has 0 aliphatic carbocycles. The normalized spacial score (nSPS) is 11.8. The molecule has 0 heterocycles. The summed E-state index contributed by atoms with van der Waals surface area (Å²) in [7, 11) is 3.48. The number of hydrogen-bond donors (Lipinski definition) is 1. The Morgan fingerprint density at radius 1 is 1.19 bits per heavy atom. The van der Waals surface area contributed by atoms with Crippen molar-refractivity contribution in [3.05, 3.63) is 27.2 Å². The van der Waals surface area contributed by atoms with Crippen molar-refractivity contribution in [2.75, 3.05) is 33.9 Å². The summed E-state index contributed by atoms with van der Waals surface area (Å²) in [5, 5.41) is 3.42. The minimum atomic E-state index is 0.0457. The number of benzene rings is 1. The second-order valence-corrected chi connectivity index (χ2v) is 6.94. The zero-order valence-corrected chi connectivity index (χ0v) is 15.7. The number of methoxy groups -OCH3 is 2. The Bertz CT molecular complexity index is 472. The predicted octanol–water partition coefficient (Wildman–Crippen LogP) is 3.98. The zero-order chi connectivity index (χ0) is 16.0. The van der Waals surface area contributed by atoms with Gasteiger partial charge in [-0.3, -0.25) is 0 Å². The van der Waals surface area contributed by atoms with Crippen molar-refractivity contribution in [3.63, 3.8) is 0 Å². The number of hydrogen-bond acceptors (Lipinski definition) is 3. The van der Waals surface area contributed by atoms with E-state index in [0.717, 1.165) is 36.3 Å². The highest BCUT2D eigenvalue weighted by atomic mass is 79.9. The van der Waals surface area contributed by atoms with E-state index in [0.29, 0.717) is 0 Å². The fourth-order valence-corrected chi connectivity index (χ4v) is 3.30. The van der Waals surface area contributed by atoms with Crippen molar-refractivity contribution in [1.82, 2.24) is 5.32 Å². The summed E-state index contributed by atoms with van der Waals surface area (Å²) >= 11 is 3.67. The van der Waals surface area contributed by atoms with Crippen LogP contribution in [-0.2, 0) is 10.2 Å². The molecule has 0 bridgehead atoms. The highest BCUT2D eigenvalue weighted by molar-refractivity contribution is 9.10. The number of rotatable bonds is 8. The van der Waals surface area contributed by atoms with Crippen molar-refractivity contribution >= 4 is 15.9 Å². The van der Waals surface area contributed by atoms with E-state index < -0.39 is 0 Å². The maximum Gasteiger partial charge on any atom is 0.125 e. The highest BCUT2D eigenvalue weighted by Crippen LogP contribution is 2.41. The zero-order valence-electron chi connectivity index (χ0n) is 14.1. The smallest absolute Gasteiger partial charge is 0.125 e. The molecule has 0 amide bonds. The minimum Gasteiger partial charge on any atom is -0.496 e. The van der Waals surface area contributed by atoms with Crippen LogP contribution in [0.15, 0.2) is 10.5 Å². The fourth-order valence-electron chi connectivity index (χ4n) is 2.75. The van der Waals surface area contributed by atoms with Gasteiger partial charge in [0.15, 0.2) is 0 Å². The molecular formula is C17H28BrNO2. The summed E-state index contributed by atoms with van der Waals surface area (Å²) in [5.41, 5.74) is 3.78. The van der Waals surface area contributed by atoms with Crippen LogP contribution in [0.3, 0.4) is 0 Å². The van der Waals surface area contributed by atoms with Crippen LogP contribution in [0.5, 0.6) is 5.75 Å². The molecular weight excluding hydrogens is 330 g/mol. The molecule has 0 radical (unpaired) electrons. The van der Waals surface area contributed by atoms with Crippen molar-refractivity contribution in [2.24, 2.45) is 0 Å². The molecule has 0 atom stereocenters. The van der Waals surface area contributed by atoms with E-state index in [4.69, 9.17) is 9.47 Å². The average molecular weight is 358 g/mol. The van der Waals surface area contributed by atoms with E-state index in [9.17, 15) is 0 Å². The van der Waals surface area contributed by atoms with Gasteiger partial charge in [0, 0.05) is 23.7 Å². The van der Waals surface area contributed by atoms with Crippen molar-refractivity contribution in [1.29, 1.82) is 0 Å². The van der Waals surface area contributed by atoms with E-state index in [1.54, 1.807) is 14.2 Å². The third-order valence-corrected chi connectivity index (χ3v) is 4.78. The van der Waals surface area contributed by atoms with E-state index >= 15 is 0 Å². The lowest BCUT2D eigenvalue weighted by molar-refractivity contribution is 0.198. The molecule has 4 heteroatoms. The number of nitrogens with one attached hydrogen (secondary N) is 1. The first-order chi connectivity index (χ1) is 9.85. The summed E-state index contributed by atoms with van der Waals surface area (Å²) in [6, 6.07) is 2.13. The lowest BCUT2D eigenvalue weighted by Crippen LogP contribution is -2.28. The van der Waals surface area contributed by atoms with Gasteiger partial charge in [0.1, 0.15) is 5.75 Å². The third kappa shape index (κ3) is 4.70. The first-order valence-electron chi connectivity index (χ1n) is 7.39. The standard InChI is InChI=1S/C17H28BrNO2/c1-12-11-14(18)13(2)15(16(12)21-6)17(3,4)7-8-19-9-10-20-5/h11,19H,7-10H2,1-6H3. The Hall–Kier alpha value is -0.580. The van der Waals surface area contributed by atoms with Gasteiger partial charge >= 0.3 is 0 Å². The first-order valence-corrected chi connectivity index (χ1v) is 8.18. The molecule has 0 aliphatic rings. The van der Waals surface area contributed by atoms with Crippen LogP contribution in [0.1, 0.15) is 37.0 Å². The first kappa shape index (κ1) is 18.5. The molecule has 0 unspecified atom stereocenters. The second kappa shape index (κ2) is 8.16. The van der Waals surface area contributed by atoms with Crippen LogP contribution in [0.2, 0.25) is 0 Å². The summed E-state index contributed by atoms with van der Waals surface area (Å²) < 4.78 is 11.9. The molecule has 1 N–H and O–H groups in total. The summed E-state index contributed by atoms with van der Waals surface area (Å²) in [5.74, 6) is 1.01. The van der Waals surface area contributed by atoms with Gasteiger partial charge in [0.05, 0.1) is 13.7 Å². The lowest BCUT2D eigenvalue weighted by atomic mass is 9.78. The molecule has 1 rings (SSSR count). The maximum absolute atomic E-state index is 5.68. The van der Waals surface area contributed by atoms with Crippen LogP contribution < -0.4 is 10.1 Å². The summed E-state index contributed by atoms with van der Waals surface area (Å²) in [4.78, 5) is 0. The molecule has 0 aromatic heterocycles. The lowest BCUT2D eigenvalue weighted by Gasteiger charge is -2.30. The van der Waals surface area contributed by atoms with Crippen LogP contribution in [0, 0.1) is 13.8 Å². The molecule has 0 spiro atoms. The van der Waals surface area contributed by atoms with E-state index in [2.05, 4.69) is 55.0 Å². The van der Waals surface area contributed by atoms with E-state index in [1.807, 2.05) is 0 Å². The predicted molar refractivity (Wildman–Crippen MR) is 92.6 cm³/mol. The molecule has 0 aliphatic heterocycles. The molecule has 1 aromatic rings. The monoisotopic (exact) mass is 357 g/mol. The molecule has 0 saturated heterocycles. The van der Waals surface area contributed by atoms with Gasteiger partial charge in [-0.2, -0.15) is 0 Å². The largest absolute Gasteiger partial charge is 0.496 e. The van der Waals surface area contributed by atoms with E-state index in [1.165, 1.54) is 16.7 Å². The van der Waals surface area contributed by atoms with Gasteiger partial charge in [-0.05, 0) is 49.4 Å². The second-order valence-electron chi connectivity index (χ2n) is 6.09. The Kier molecular flexibility index (Phi) is 7.17. The van der Waals surface area contributed by atoms with Crippen LogP contribution in [-0.4, -0.2) is 33.9 Å². The minimum absolute atomic E-state index is 0.0457. The van der Waals surface area contributed by atoms with Gasteiger partial charge in [0.2, 0.25) is 0 Å². The number of ether oxygens (including phenoxy) is 2. The van der Waals surface area contributed by atoms with Crippen molar-refractivity contribution in [3.8, 4) is 5.75 Å². The Morgan fingerprint density at radius 3 is 2.43 bits per heavy atom. The fraction of sp³-hybridized carbons (Fsp3) is 0.647. The number of aryl methyl sites for hydroxylation is 1. The third-order valence-electron chi connectivity index (χ3n) is 3.95. The Labute approximate surface area is 137 Å². The molecule has 1 aromatic carbocycles. The SMILES string of the molecule is COCCNCCC(C)(C)c1c(C)c(Br)cc(C)c1OC. The average Bonchev–Trinajstić information content (AvgIpc) is 2.41. The van der Waals surface area contributed by atoms with Crippen molar-refractivity contribution in [2.45, 2.75) is 39.5 Å². The van der Waals surface area contributed by atoms with Gasteiger partial charge in [-0.25, -0.2) is 0 Å². The highest BCUT2D eigenvalue weighted by Gasteiger charge is 2.28. The quantitative estimate of drug-likeness (QED) is 0.713. The molecule has 0 saturated carbocycles.